The van der Waals surface area contributed by atoms with E-state index in [-0.39, 0.29) is 11.6 Å². The second kappa shape index (κ2) is 5.63. The molecule has 0 spiro atoms. The maximum Gasteiger partial charge on any atom is 0.407 e. The summed E-state index contributed by atoms with van der Waals surface area (Å²) in [6.07, 6.45) is -0.446. The van der Waals surface area contributed by atoms with Crippen molar-refractivity contribution in [2.75, 3.05) is 18.0 Å². The molecule has 1 aliphatic heterocycles. The summed E-state index contributed by atoms with van der Waals surface area (Å²) in [6, 6.07) is 6.82. The number of rotatable bonds is 3. The van der Waals surface area contributed by atoms with Crippen LogP contribution in [0.1, 0.15) is 31.1 Å². The number of nitrogens with one attached hydrogen (secondary N) is 1. The summed E-state index contributed by atoms with van der Waals surface area (Å²) in [7, 11) is 0. The Hall–Kier alpha value is -2.24. The zero-order valence-corrected chi connectivity index (χ0v) is 12.4. The maximum atomic E-state index is 11.6. The smallest absolute Gasteiger partial charge is 0.407 e. The number of nitrogens with zero attached hydrogens (tertiary/aromatic N) is 1. The molecule has 114 valence electrons. The van der Waals surface area contributed by atoms with Crippen LogP contribution in [0, 0.1) is 0 Å². The Morgan fingerprint density at radius 2 is 1.90 bits per heavy atom. The van der Waals surface area contributed by atoms with Crippen LogP contribution in [-0.2, 0) is 4.74 Å². The van der Waals surface area contributed by atoms with Gasteiger partial charge >= 0.3 is 12.1 Å². The molecular formula is C15H20N2O4. The lowest BCUT2D eigenvalue weighted by molar-refractivity contribution is 0.0494. The molecule has 6 nitrogen and oxygen atoms in total. The molecule has 2 rings (SSSR count). The van der Waals surface area contributed by atoms with Crippen LogP contribution in [0.2, 0.25) is 0 Å². The molecule has 0 aromatic heterocycles. The summed E-state index contributed by atoms with van der Waals surface area (Å²) >= 11 is 0. The molecule has 1 aliphatic rings. The average Bonchev–Trinajstić information content (AvgIpc) is 2.31. The normalized spacial score (nSPS) is 15.3. The second-order valence-electron chi connectivity index (χ2n) is 6.07. The molecule has 0 aliphatic carbocycles. The van der Waals surface area contributed by atoms with Crippen molar-refractivity contribution in [2.45, 2.75) is 32.4 Å². The van der Waals surface area contributed by atoms with Crippen molar-refractivity contribution >= 4 is 17.7 Å². The average molecular weight is 292 g/mol. The minimum Gasteiger partial charge on any atom is -0.478 e. The van der Waals surface area contributed by atoms with Gasteiger partial charge in [0.1, 0.15) is 5.60 Å². The third-order valence-electron chi connectivity index (χ3n) is 3.08. The molecule has 2 N–H and O–H groups in total. The Morgan fingerprint density at radius 3 is 2.48 bits per heavy atom. The van der Waals surface area contributed by atoms with E-state index in [1.807, 2.05) is 25.7 Å². The number of alkyl carbamates (subject to hydrolysis) is 1. The Bertz CT molecular complexity index is 545. The van der Waals surface area contributed by atoms with Gasteiger partial charge in [0.05, 0.1) is 17.3 Å². The fourth-order valence-corrected chi connectivity index (χ4v) is 2.17. The number of carbonyl (C=O) groups excluding carboxylic acids is 1. The number of para-hydroxylation sites is 1. The van der Waals surface area contributed by atoms with Crippen LogP contribution in [0.5, 0.6) is 0 Å². The van der Waals surface area contributed by atoms with Crippen molar-refractivity contribution in [2.24, 2.45) is 0 Å². The number of aromatic carboxylic acids is 1. The zero-order valence-electron chi connectivity index (χ0n) is 12.4. The topological polar surface area (TPSA) is 78.9 Å². The third-order valence-corrected chi connectivity index (χ3v) is 3.08. The molecule has 1 fully saturated rings. The number of carboxylic acids is 1. The van der Waals surface area contributed by atoms with Gasteiger partial charge in [0.15, 0.2) is 0 Å². The summed E-state index contributed by atoms with van der Waals surface area (Å²) in [6.45, 7) is 6.57. The molecule has 0 radical (unpaired) electrons. The van der Waals surface area contributed by atoms with Gasteiger partial charge in [-0.15, -0.1) is 0 Å². The summed E-state index contributed by atoms with van der Waals surface area (Å²) in [5.74, 6) is -0.950. The highest BCUT2D eigenvalue weighted by atomic mass is 16.6. The number of hydrogen-bond acceptors (Lipinski definition) is 4. The standard InChI is InChI=1S/C15H20N2O4/c1-15(2,3)21-14(20)16-10-8-17(9-10)12-7-5-4-6-11(12)13(18)19/h4-7,10H,8-9H2,1-3H3,(H,16,20)(H,18,19). The molecule has 0 saturated carbocycles. The van der Waals surface area contributed by atoms with Crippen molar-refractivity contribution in [3.05, 3.63) is 29.8 Å². The fraction of sp³-hybridized carbons (Fsp3) is 0.467. The van der Waals surface area contributed by atoms with Crippen LogP contribution in [0.15, 0.2) is 24.3 Å². The zero-order chi connectivity index (χ0) is 15.6. The highest BCUT2D eigenvalue weighted by Gasteiger charge is 2.31. The van der Waals surface area contributed by atoms with E-state index in [0.717, 1.165) is 0 Å². The van der Waals surface area contributed by atoms with Gasteiger partial charge in [0.25, 0.3) is 0 Å². The largest absolute Gasteiger partial charge is 0.478 e. The van der Waals surface area contributed by atoms with Crippen LogP contribution in [0.25, 0.3) is 0 Å². The monoisotopic (exact) mass is 292 g/mol. The number of benzene rings is 1. The maximum absolute atomic E-state index is 11.6. The number of carboxylic acid groups (broad SMARTS) is 1. The SMILES string of the molecule is CC(C)(C)OC(=O)NC1CN(c2ccccc2C(=O)O)C1. The molecule has 6 heteroatoms. The summed E-state index contributed by atoms with van der Waals surface area (Å²) < 4.78 is 5.18. The Morgan fingerprint density at radius 1 is 1.29 bits per heavy atom. The summed E-state index contributed by atoms with van der Waals surface area (Å²) in [4.78, 5) is 24.7. The summed E-state index contributed by atoms with van der Waals surface area (Å²) in [5.41, 5.74) is 0.420. The fourth-order valence-electron chi connectivity index (χ4n) is 2.17. The molecule has 1 aromatic rings. The highest BCUT2D eigenvalue weighted by Crippen LogP contribution is 2.25. The molecule has 0 atom stereocenters. The lowest BCUT2D eigenvalue weighted by Gasteiger charge is -2.41. The van der Waals surface area contributed by atoms with E-state index in [0.29, 0.717) is 18.8 Å². The first kappa shape index (κ1) is 15.2. The minimum atomic E-state index is -0.950. The Kier molecular flexibility index (Phi) is 4.06. The number of carbonyl (C=O) groups is 2. The molecule has 1 heterocycles. The van der Waals surface area contributed by atoms with Crippen molar-refractivity contribution < 1.29 is 19.4 Å². The van der Waals surface area contributed by atoms with Gasteiger partial charge < -0.3 is 20.1 Å². The lowest BCUT2D eigenvalue weighted by atomic mass is 10.0. The van der Waals surface area contributed by atoms with E-state index in [9.17, 15) is 9.59 Å². The van der Waals surface area contributed by atoms with Crippen molar-refractivity contribution in [1.82, 2.24) is 5.32 Å². The first-order chi connectivity index (χ1) is 9.76. The van der Waals surface area contributed by atoms with Crippen LogP contribution >= 0.6 is 0 Å². The predicted molar refractivity (Wildman–Crippen MR) is 78.8 cm³/mol. The molecule has 1 amide bonds. The first-order valence-electron chi connectivity index (χ1n) is 6.83. The van der Waals surface area contributed by atoms with Gasteiger partial charge in [0, 0.05) is 13.1 Å². The van der Waals surface area contributed by atoms with E-state index >= 15 is 0 Å². The predicted octanol–water partition coefficient (Wildman–Crippen LogP) is 2.10. The molecule has 0 unspecified atom stereocenters. The van der Waals surface area contributed by atoms with Gasteiger partial charge in [-0.3, -0.25) is 0 Å². The number of anilines is 1. The highest BCUT2D eigenvalue weighted by molar-refractivity contribution is 5.94. The van der Waals surface area contributed by atoms with Gasteiger partial charge in [-0.2, -0.15) is 0 Å². The third kappa shape index (κ3) is 3.87. The van der Waals surface area contributed by atoms with Gasteiger partial charge in [-0.05, 0) is 32.9 Å². The van der Waals surface area contributed by atoms with Crippen LogP contribution < -0.4 is 10.2 Å². The van der Waals surface area contributed by atoms with Gasteiger partial charge in [-0.1, -0.05) is 12.1 Å². The van der Waals surface area contributed by atoms with Gasteiger partial charge in [0.2, 0.25) is 0 Å². The molecular weight excluding hydrogens is 272 g/mol. The minimum absolute atomic E-state index is 0.0262. The van der Waals surface area contributed by atoms with Crippen LogP contribution in [-0.4, -0.2) is 41.9 Å². The second-order valence-corrected chi connectivity index (χ2v) is 6.07. The van der Waals surface area contributed by atoms with E-state index in [4.69, 9.17) is 9.84 Å². The quantitative estimate of drug-likeness (QED) is 0.892. The number of ether oxygens (including phenoxy) is 1. The van der Waals surface area contributed by atoms with Gasteiger partial charge in [-0.25, -0.2) is 9.59 Å². The molecule has 1 saturated heterocycles. The van der Waals surface area contributed by atoms with E-state index < -0.39 is 17.7 Å². The Balaban J connectivity index is 1.90. The summed E-state index contributed by atoms with van der Waals surface area (Å²) in [5, 5.41) is 11.9. The van der Waals surface area contributed by atoms with Crippen molar-refractivity contribution in [3.63, 3.8) is 0 Å². The molecule has 21 heavy (non-hydrogen) atoms. The van der Waals surface area contributed by atoms with E-state index in [1.165, 1.54) is 0 Å². The van der Waals surface area contributed by atoms with Crippen LogP contribution in [0.4, 0.5) is 10.5 Å². The first-order valence-corrected chi connectivity index (χ1v) is 6.83. The van der Waals surface area contributed by atoms with Crippen molar-refractivity contribution in [1.29, 1.82) is 0 Å². The van der Waals surface area contributed by atoms with E-state index in [1.54, 1.807) is 24.3 Å². The lowest BCUT2D eigenvalue weighted by Crippen LogP contribution is -2.60. The van der Waals surface area contributed by atoms with Crippen LogP contribution in [0.3, 0.4) is 0 Å². The van der Waals surface area contributed by atoms with Crippen molar-refractivity contribution in [3.8, 4) is 0 Å². The molecule has 0 bridgehead atoms. The number of amides is 1. The van der Waals surface area contributed by atoms with E-state index in [2.05, 4.69) is 5.32 Å². The number of hydrogen-bond donors (Lipinski definition) is 2. The molecule has 1 aromatic carbocycles. The Labute approximate surface area is 123 Å².